The lowest BCUT2D eigenvalue weighted by atomic mass is 9.87. The van der Waals surface area contributed by atoms with E-state index in [1.165, 1.54) is 24.0 Å². The first-order chi connectivity index (χ1) is 11.3. The van der Waals surface area contributed by atoms with Crippen LogP contribution in [-0.2, 0) is 12.8 Å². The van der Waals surface area contributed by atoms with Crippen LogP contribution in [0.2, 0.25) is 0 Å². The van der Waals surface area contributed by atoms with E-state index in [-0.39, 0.29) is 5.82 Å². The first-order valence-corrected chi connectivity index (χ1v) is 8.61. The number of piperazine rings is 1. The van der Waals surface area contributed by atoms with E-state index in [0.717, 1.165) is 38.3 Å². The molecule has 0 saturated carbocycles. The minimum atomic E-state index is -0.104. The van der Waals surface area contributed by atoms with Gasteiger partial charge in [0.1, 0.15) is 5.82 Å². The van der Waals surface area contributed by atoms with E-state index < -0.39 is 0 Å². The molecule has 0 bridgehead atoms. The highest BCUT2D eigenvalue weighted by Gasteiger charge is 2.27. The van der Waals surface area contributed by atoms with Crippen molar-refractivity contribution in [3.8, 4) is 0 Å². The van der Waals surface area contributed by atoms with Crippen molar-refractivity contribution >= 4 is 5.69 Å². The predicted octanol–water partition coefficient (Wildman–Crippen LogP) is 3.51. The molecule has 0 N–H and O–H groups in total. The average Bonchev–Trinajstić information content (AvgIpc) is 2.62. The first kappa shape index (κ1) is 14.7. The molecule has 0 amide bonds. The van der Waals surface area contributed by atoms with Gasteiger partial charge in [-0.25, -0.2) is 4.39 Å². The van der Waals surface area contributed by atoms with Crippen molar-refractivity contribution in [2.45, 2.75) is 25.3 Å². The Balaban J connectivity index is 1.40. The Morgan fingerprint density at radius 3 is 2.30 bits per heavy atom. The van der Waals surface area contributed by atoms with Crippen molar-refractivity contribution < 1.29 is 4.39 Å². The average molecular weight is 310 g/mol. The van der Waals surface area contributed by atoms with Gasteiger partial charge in [-0.05, 0) is 42.5 Å². The van der Waals surface area contributed by atoms with Crippen LogP contribution in [0.15, 0.2) is 48.5 Å². The van der Waals surface area contributed by atoms with Gasteiger partial charge < -0.3 is 4.90 Å². The lowest BCUT2D eigenvalue weighted by Crippen LogP contribution is -2.52. The molecule has 0 aromatic heterocycles. The molecule has 3 heteroatoms. The molecule has 23 heavy (non-hydrogen) atoms. The van der Waals surface area contributed by atoms with E-state index in [1.54, 1.807) is 12.1 Å². The van der Waals surface area contributed by atoms with Crippen LogP contribution >= 0.6 is 0 Å². The molecular weight excluding hydrogens is 287 g/mol. The highest BCUT2D eigenvalue weighted by atomic mass is 19.1. The smallest absolute Gasteiger partial charge is 0.146 e. The SMILES string of the molecule is Fc1ccccc1N1CCN([C@H]2CCc3ccccc3C2)CC1. The quantitative estimate of drug-likeness (QED) is 0.837. The van der Waals surface area contributed by atoms with E-state index in [9.17, 15) is 4.39 Å². The summed E-state index contributed by atoms with van der Waals surface area (Å²) in [5.41, 5.74) is 3.79. The number of benzene rings is 2. The standard InChI is InChI=1S/C20H23FN2/c21-19-7-3-4-8-20(19)23-13-11-22(12-14-23)18-10-9-16-5-1-2-6-17(16)15-18/h1-8,18H,9-15H2/t18-/m0/s1. The minimum absolute atomic E-state index is 0.104. The van der Waals surface area contributed by atoms with Crippen LogP contribution in [0.4, 0.5) is 10.1 Å². The molecule has 2 aromatic carbocycles. The van der Waals surface area contributed by atoms with Gasteiger partial charge in [0.05, 0.1) is 5.69 Å². The molecule has 1 fully saturated rings. The van der Waals surface area contributed by atoms with Crippen LogP contribution in [0.25, 0.3) is 0 Å². The van der Waals surface area contributed by atoms with Gasteiger partial charge in [-0.3, -0.25) is 4.90 Å². The number of hydrogen-bond donors (Lipinski definition) is 0. The van der Waals surface area contributed by atoms with Crippen LogP contribution in [0, 0.1) is 5.82 Å². The fourth-order valence-corrected chi connectivity index (χ4v) is 4.03. The van der Waals surface area contributed by atoms with Crippen molar-refractivity contribution in [1.29, 1.82) is 0 Å². The zero-order valence-electron chi connectivity index (χ0n) is 13.4. The maximum atomic E-state index is 13.9. The highest BCUT2D eigenvalue weighted by molar-refractivity contribution is 5.48. The Hall–Kier alpha value is -1.87. The van der Waals surface area contributed by atoms with Crippen molar-refractivity contribution in [2.75, 3.05) is 31.1 Å². The Kier molecular flexibility index (Phi) is 4.04. The lowest BCUT2D eigenvalue weighted by Gasteiger charge is -2.42. The van der Waals surface area contributed by atoms with E-state index >= 15 is 0 Å². The number of aryl methyl sites for hydroxylation is 1. The van der Waals surface area contributed by atoms with E-state index in [2.05, 4.69) is 34.1 Å². The third kappa shape index (κ3) is 2.98. The zero-order valence-corrected chi connectivity index (χ0v) is 13.4. The minimum Gasteiger partial charge on any atom is -0.367 e. The molecule has 0 spiro atoms. The monoisotopic (exact) mass is 310 g/mol. The van der Waals surface area contributed by atoms with Crippen molar-refractivity contribution in [1.82, 2.24) is 4.90 Å². The van der Waals surface area contributed by atoms with Crippen LogP contribution in [0.5, 0.6) is 0 Å². The fraction of sp³-hybridized carbons (Fsp3) is 0.400. The molecule has 1 aliphatic carbocycles. The Labute approximate surface area is 137 Å². The molecule has 0 radical (unpaired) electrons. The van der Waals surface area contributed by atoms with Crippen LogP contribution < -0.4 is 4.90 Å². The van der Waals surface area contributed by atoms with Gasteiger partial charge in [-0.15, -0.1) is 0 Å². The number of halogens is 1. The van der Waals surface area contributed by atoms with Crippen LogP contribution in [0.3, 0.4) is 0 Å². The summed E-state index contributed by atoms with van der Waals surface area (Å²) >= 11 is 0. The Bertz CT molecular complexity index is 677. The largest absolute Gasteiger partial charge is 0.367 e. The topological polar surface area (TPSA) is 6.48 Å². The molecule has 2 nitrogen and oxygen atoms in total. The molecule has 1 aliphatic heterocycles. The molecule has 1 saturated heterocycles. The number of para-hydroxylation sites is 1. The van der Waals surface area contributed by atoms with Gasteiger partial charge in [0.2, 0.25) is 0 Å². The van der Waals surface area contributed by atoms with Gasteiger partial charge in [-0.1, -0.05) is 36.4 Å². The summed E-state index contributed by atoms with van der Waals surface area (Å²) in [4.78, 5) is 4.79. The third-order valence-electron chi connectivity index (χ3n) is 5.34. The maximum Gasteiger partial charge on any atom is 0.146 e. The van der Waals surface area contributed by atoms with Crippen molar-refractivity contribution in [3.05, 3.63) is 65.5 Å². The zero-order chi connectivity index (χ0) is 15.6. The fourth-order valence-electron chi connectivity index (χ4n) is 4.03. The number of rotatable bonds is 2. The number of nitrogens with zero attached hydrogens (tertiary/aromatic N) is 2. The molecule has 4 rings (SSSR count). The molecule has 2 aliphatic rings. The summed E-state index contributed by atoms with van der Waals surface area (Å²) in [5.74, 6) is -0.104. The van der Waals surface area contributed by atoms with Crippen molar-refractivity contribution in [2.24, 2.45) is 0 Å². The molecule has 0 unspecified atom stereocenters. The summed E-state index contributed by atoms with van der Waals surface area (Å²) in [6.45, 7) is 3.89. The number of hydrogen-bond acceptors (Lipinski definition) is 2. The van der Waals surface area contributed by atoms with E-state index in [4.69, 9.17) is 0 Å². The summed E-state index contributed by atoms with van der Waals surface area (Å²) in [7, 11) is 0. The van der Waals surface area contributed by atoms with Gasteiger partial charge in [-0.2, -0.15) is 0 Å². The second kappa shape index (κ2) is 6.32. The Morgan fingerprint density at radius 2 is 1.52 bits per heavy atom. The second-order valence-corrected chi connectivity index (χ2v) is 6.64. The van der Waals surface area contributed by atoms with E-state index in [1.807, 2.05) is 12.1 Å². The number of anilines is 1. The summed E-state index contributed by atoms with van der Waals surface area (Å²) in [5, 5.41) is 0. The lowest BCUT2D eigenvalue weighted by molar-refractivity contribution is 0.169. The Morgan fingerprint density at radius 1 is 0.826 bits per heavy atom. The normalized spacial score (nSPS) is 22.0. The van der Waals surface area contributed by atoms with Gasteiger partial charge in [0.25, 0.3) is 0 Å². The van der Waals surface area contributed by atoms with Crippen molar-refractivity contribution in [3.63, 3.8) is 0 Å². The van der Waals surface area contributed by atoms with Gasteiger partial charge in [0.15, 0.2) is 0 Å². The molecule has 1 heterocycles. The summed E-state index contributed by atoms with van der Waals surface area (Å²) in [6.07, 6.45) is 3.60. The second-order valence-electron chi connectivity index (χ2n) is 6.64. The summed E-state index contributed by atoms with van der Waals surface area (Å²) < 4.78 is 13.9. The van der Waals surface area contributed by atoms with Gasteiger partial charge >= 0.3 is 0 Å². The number of fused-ring (bicyclic) bond motifs is 1. The predicted molar refractivity (Wildman–Crippen MR) is 92.4 cm³/mol. The van der Waals surface area contributed by atoms with Gasteiger partial charge in [0, 0.05) is 32.2 Å². The molecule has 120 valence electrons. The molecular formula is C20H23FN2. The highest BCUT2D eigenvalue weighted by Crippen LogP contribution is 2.26. The van der Waals surface area contributed by atoms with Crippen LogP contribution in [-0.4, -0.2) is 37.1 Å². The van der Waals surface area contributed by atoms with Crippen LogP contribution in [0.1, 0.15) is 17.5 Å². The summed E-state index contributed by atoms with van der Waals surface area (Å²) in [6, 6.07) is 16.6. The van der Waals surface area contributed by atoms with E-state index in [0.29, 0.717) is 6.04 Å². The maximum absolute atomic E-state index is 13.9. The molecule has 2 aromatic rings. The third-order valence-corrected chi connectivity index (χ3v) is 5.34. The molecule has 1 atom stereocenters. The first-order valence-electron chi connectivity index (χ1n) is 8.61.